The second-order valence-corrected chi connectivity index (χ2v) is 6.10. The van der Waals surface area contributed by atoms with E-state index in [0.29, 0.717) is 6.04 Å². The van der Waals surface area contributed by atoms with Gasteiger partial charge in [0.1, 0.15) is 0 Å². The second kappa shape index (κ2) is 7.57. The molecule has 4 nitrogen and oxygen atoms in total. The van der Waals surface area contributed by atoms with Crippen LogP contribution in [0.2, 0.25) is 0 Å². The zero-order valence-corrected chi connectivity index (χ0v) is 13.4. The van der Waals surface area contributed by atoms with Crippen molar-refractivity contribution in [2.75, 3.05) is 25.0 Å². The fourth-order valence-corrected chi connectivity index (χ4v) is 3.02. The molecule has 1 saturated heterocycles. The standard InChI is InChI=1S/C17H27N3O/c1-13(12-20-9-4-5-10-20)18-14(2)16-7-6-8-17(11-16)19-15(3)21/h6-8,11,13-14,18H,4-5,9-10,12H2,1-3H3,(H,19,21). The van der Waals surface area contributed by atoms with Crippen molar-refractivity contribution in [1.82, 2.24) is 10.2 Å². The largest absolute Gasteiger partial charge is 0.326 e. The summed E-state index contributed by atoms with van der Waals surface area (Å²) in [6.45, 7) is 9.53. The molecule has 1 heterocycles. The maximum atomic E-state index is 11.1. The normalized spacial score (nSPS) is 18.4. The third-order valence-electron chi connectivity index (χ3n) is 3.97. The lowest BCUT2D eigenvalue weighted by Crippen LogP contribution is -2.39. The highest BCUT2D eigenvalue weighted by Crippen LogP contribution is 2.18. The van der Waals surface area contributed by atoms with E-state index in [4.69, 9.17) is 0 Å². The lowest BCUT2D eigenvalue weighted by atomic mass is 10.1. The van der Waals surface area contributed by atoms with Gasteiger partial charge in [-0.1, -0.05) is 12.1 Å². The van der Waals surface area contributed by atoms with Gasteiger partial charge in [0.05, 0.1) is 0 Å². The Morgan fingerprint density at radius 1 is 1.29 bits per heavy atom. The molecule has 0 saturated carbocycles. The fraction of sp³-hybridized carbons (Fsp3) is 0.588. The Morgan fingerprint density at radius 2 is 2.00 bits per heavy atom. The van der Waals surface area contributed by atoms with Crippen LogP contribution in [0.3, 0.4) is 0 Å². The minimum atomic E-state index is -0.0323. The Bertz CT molecular complexity index is 469. The van der Waals surface area contributed by atoms with E-state index in [1.807, 2.05) is 18.2 Å². The van der Waals surface area contributed by atoms with E-state index < -0.39 is 0 Å². The van der Waals surface area contributed by atoms with Crippen molar-refractivity contribution in [3.63, 3.8) is 0 Å². The molecule has 21 heavy (non-hydrogen) atoms. The number of benzene rings is 1. The SMILES string of the molecule is CC(=O)Nc1cccc(C(C)NC(C)CN2CCCC2)c1. The van der Waals surface area contributed by atoms with Crippen molar-refractivity contribution in [3.8, 4) is 0 Å². The number of likely N-dealkylation sites (tertiary alicyclic amines) is 1. The quantitative estimate of drug-likeness (QED) is 0.846. The van der Waals surface area contributed by atoms with Crippen LogP contribution in [0.4, 0.5) is 5.69 Å². The number of amides is 1. The lowest BCUT2D eigenvalue weighted by molar-refractivity contribution is -0.114. The minimum Gasteiger partial charge on any atom is -0.326 e. The average Bonchev–Trinajstić information content (AvgIpc) is 2.90. The van der Waals surface area contributed by atoms with E-state index in [9.17, 15) is 4.79 Å². The highest BCUT2D eigenvalue weighted by molar-refractivity contribution is 5.88. The summed E-state index contributed by atoms with van der Waals surface area (Å²) in [5.74, 6) is -0.0323. The van der Waals surface area contributed by atoms with Crippen molar-refractivity contribution < 1.29 is 4.79 Å². The lowest BCUT2D eigenvalue weighted by Gasteiger charge is -2.25. The van der Waals surface area contributed by atoms with Crippen LogP contribution in [0.25, 0.3) is 0 Å². The Hall–Kier alpha value is -1.39. The molecule has 1 aromatic rings. The van der Waals surface area contributed by atoms with E-state index in [2.05, 4.69) is 35.4 Å². The van der Waals surface area contributed by atoms with E-state index in [1.165, 1.54) is 38.4 Å². The zero-order chi connectivity index (χ0) is 15.2. The summed E-state index contributed by atoms with van der Waals surface area (Å²) in [7, 11) is 0. The molecule has 2 unspecified atom stereocenters. The molecule has 2 atom stereocenters. The van der Waals surface area contributed by atoms with Gasteiger partial charge in [0.15, 0.2) is 0 Å². The molecule has 116 valence electrons. The van der Waals surface area contributed by atoms with Gasteiger partial charge in [0.2, 0.25) is 5.91 Å². The summed E-state index contributed by atoms with van der Waals surface area (Å²) in [4.78, 5) is 13.7. The number of hydrogen-bond acceptors (Lipinski definition) is 3. The van der Waals surface area contributed by atoms with Gasteiger partial charge >= 0.3 is 0 Å². The third kappa shape index (κ3) is 5.14. The Balaban J connectivity index is 1.89. The maximum Gasteiger partial charge on any atom is 0.221 e. The number of rotatable bonds is 6. The van der Waals surface area contributed by atoms with Gasteiger partial charge in [-0.05, 0) is 57.5 Å². The zero-order valence-electron chi connectivity index (χ0n) is 13.4. The highest BCUT2D eigenvalue weighted by atomic mass is 16.1. The van der Waals surface area contributed by atoms with Crippen LogP contribution in [0.1, 0.15) is 45.2 Å². The predicted octanol–water partition coefficient (Wildman–Crippen LogP) is 2.78. The molecule has 2 N–H and O–H groups in total. The van der Waals surface area contributed by atoms with Crippen LogP contribution < -0.4 is 10.6 Å². The number of hydrogen-bond donors (Lipinski definition) is 2. The van der Waals surface area contributed by atoms with Gasteiger partial charge in [-0.2, -0.15) is 0 Å². The van der Waals surface area contributed by atoms with E-state index in [0.717, 1.165) is 12.2 Å². The van der Waals surface area contributed by atoms with Crippen molar-refractivity contribution in [2.45, 2.75) is 45.7 Å². The molecule has 0 aromatic heterocycles. The Kier molecular flexibility index (Phi) is 5.76. The van der Waals surface area contributed by atoms with E-state index in [-0.39, 0.29) is 11.9 Å². The van der Waals surface area contributed by atoms with Gasteiger partial charge in [0.25, 0.3) is 0 Å². The van der Waals surface area contributed by atoms with Crippen LogP contribution in [0, 0.1) is 0 Å². The minimum absolute atomic E-state index is 0.0323. The third-order valence-corrected chi connectivity index (χ3v) is 3.97. The molecule has 1 fully saturated rings. The van der Waals surface area contributed by atoms with Crippen molar-refractivity contribution in [3.05, 3.63) is 29.8 Å². The maximum absolute atomic E-state index is 11.1. The topological polar surface area (TPSA) is 44.4 Å². The van der Waals surface area contributed by atoms with Gasteiger partial charge in [-0.25, -0.2) is 0 Å². The summed E-state index contributed by atoms with van der Waals surface area (Å²) >= 11 is 0. The van der Waals surface area contributed by atoms with Crippen LogP contribution in [0.15, 0.2) is 24.3 Å². The first-order chi connectivity index (χ1) is 10.0. The first-order valence-electron chi connectivity index (χ1n) is 7.90. The van der Waals surface area contributed by atoms with E-state index in [1.54, 1.807) is 0 Å². The second-order valence-electron chi connectivity index (χ2n) is 6.10. The van der Waals surface area contributed by atoms with E-state index >= 15 is 0 Å². The number of carbonyl (C=O) groups excluding carboxylic acids is 1. The van der Waals surface area contributed by atoms with Crippen LogP contribution in [-0.2, 0) is 4.79 Å². The molecule has 4 heteroatoms. The van der Waals surface area contributed by atoms with Crippen LogP contribution in [0.5, 0.6) is 0 Å². The summed E-state index contributed by atoms with van der Waals surface area (Å²) in [5.41, 5.74) is 2.07. The summed E-state index contributed by atoms with van der Waals surface area (Å²) < 4.78 is 0. The van der Waals surface area contributed by atoms with Gasteiger partial charge in [-0.15, -0.1) is 0 Å². The monoisotopic (exact) mass is 289 g/mol. The summed E-state index contributed by atoms with van der Waals surface area (Å²) in [5, 5.41) is 6.49. The molecule has 0 aliphatic carbocycles. The van der Waals surface area contributed by atoms with Crippen molar-refractivity contribution >= 4 is 11.6 Å². The molecule has 1 aliphatic rings. The van der Waals surface area contributed by atoms with Crippen molar-refractivity contribution in [2.24, 2.45) is 0 Å². The molecule has 1 aromatic carbocycles. The number of nitrogens with one attached hydrogen (secondary N) is 2. The fourth-order valence-electron chi connectivity index (χ4n) is 3.02. The molecule has 1 aliphatic heterocycles. The van der Waals surface area contributed by atoms with Gasteiger partial charge in [0, 0.05) is 31.2 Å². The molecule has 0 bridgehead atoms. The highest BCUT2D eigenvalue weighted by Gasteiger charge is 2.16. The summed E-state index contributed by atoms with van der Waals surface area (Å²) in [6.07, 6.45) is 2.67. The smallest absolute Gasteiger partial charge is 0.221 e. The Morgan fingerprint density at radius 3 is 2.67 bits per heavy atom. The van der Waals surface area contributed by atoms with Gasteiger partial charge < -0.3 is 15.5 Å². The molecule has 0 radical (unpaired) electrons. The predicted molar refractivity (Wildman–Crippen MR) is 87.4 cm³/mol. The molecular weight excluding hydrogens is 262 g/mol. The Labute approximate surface area is 127 Å². The van der Waals surface area contributed by atoms with Crippen LogP contribution in [-0.4, -0.2) is 36.5 Å². The summed E-state index contributed by atoms with van der Waals surface area (Å²) in [6, 6.07) is 8.79. The molecule has 2 rings (SSSR count). The molecule has 1 amide bonds. The van der Waals surface area contributed by atoms with Gasteiger partial charge in [-0.3, -0.25) is 4.79 Å². The van der Waals surface area contributed by atoms with Crippen LogP contribution >= 0.6 is 0 Å². The number of carbonyl (C=O) groups is 1. The number of anilines is 1. The first kappa shape index (κ1) is 16.0. The number of nitrogens with zero attached hydrogens (tertiary/aromatic N) is 1. The molecule has 0 spiro atoms. The average molecular weight is 289 g/mol. The molecular formula is C17H27N3O. The first-order valence-corrected chi connectivity index (χ1v) is 7.90. The van der Waals surface area contributed by atoms with Crippen molar-refractivity contribution in [1.29, 1.82) is 0 Å².